The zero-order chi connectivity index (χ0) is 14.1. The lowest BCUT2D eigenvalue weighted by atomic mass is 10.1. The normalized spacial score (nSPS) is 9.32. The summed E-state index contributed by atoms with van der Waals surface area (Å²) in [5.41, 5.74) is 0.773. The first kappa shape index (κ1) is 14.7. The van der Waals surface area contributed by atoms with Gasteiger partial charge in [0.2, 0.25) is 0 Å². The Hall–Kier alpha value is -2.32. The van der Waals surface area contributed by atoms with Crippen molar-refractivity contribution in [2.75, 3.05) is 19.8 Å². The molecule has 1 aromatic carbocycles. The van der Waals surface area contributed by atoms with E-state index in [0.717, 1.165) is 0 Å². The molecule has 0 heterocycles. The maximum atomic E-state index is 10.9. The third-order valence-electron chi connectivity index (χ3n) is 2.14. The molecule has 1 aromatic rings. The van der Waals surface area contributed by atoms with Gasteiger partial charge in [-0.15, -0.1) is 0 Å². The van der Waals surface area contributed by atoms with Gasteiger partial charge >= 0.3 is 5.97 Å². The molecule has 0 saturated carbocycles. The van der Waals surface area contributed by atoms with Gasteiger partial charge in [0.05, 0.1) is 12.2 Å². The van der Waals surface area contributed by atoms with Crippen molar-refractivity contribution in [3.63, 3.8) is 0 Å². The molecule has 1 rings (SSSR count). The van der Waals surface area contributed by atoms with Crippen LogP contribution in [-0.4, -0.2) is 37.2 Å². The molecule has 0 radical (unpaired) electrons. The van der Waals surface area contributed by atoms with Crippen LogP contribution in [0, 0.1) is 11.8 Å². The Morgan fingerprint density at radius 1 is 1.42 bits per heavy atom. The molecule has 0 unspecified atom stereocenters. The fourth-order valence-electron chi connectivity index (χ4n) is 1.33. The number of benzene rings is 1. The van der Waals surface area contributed by atoms with E-state index in [1.54, 1.807) is 12.1 Å². The number of aldehydes is 1. The first-order valence-corrected chi connectivity index (χ1v) is 5.72. The van der Waals surface area contributed by atoms with Crippen LogP contribution in [0.5, 0.6) is 5.75 Å². The Morgan fingerprint density at radius 2 is 2.21 bits per heavy atom. The minimum absolute atomic E-state index is 0.327. The number of carbonyl (C=O) groups excluding carboxylic acids is 1. The van der Waals surface area contributed by atoms with E-state index in [1.807, 2.05) is 12.8 Å². The van der Waals surface area contributed by atoms with E-state index < -0.39 is 5.97 Å². The lowest BCUT2D eigenvalue weighted by Gasteiger charge is -2.08. The molecule has 0 spiro atoms. The average Bonchev–Trinajstić information content (AvgIpc) is 2.42. The smallest absolute Gasteiger partial charge is 0.382 e. The van der Waals surface area contributed by atoms with Crippen molar-refractivity contribution in [1.82, 2.24) is 0 Å². The van der Waals surface area contributed by atoms with Crippen LogP contribution in [0.1, 0.15) is 22.8 Å². The minimum atomic E-state index is -1.22. The number of carboxylic acid groups (broad SMARTS) is 1. The highest BCUT2D eigenvalue weighted by Crippen LogP contribution is 2.18. The van der Waals surface area contributed by atoms with Gasteiger partial charge in [-0.3, -0.25) is 4.79 Å². The van der Waals surface area contributed by atoms with Crippen LogP contribution in [-0.2, 0) is 9.53 Å². The molecule has 0 bridgehead atoms. The fraction of sp³-hybridized carbons (Fsp3) is 0.286. The molecule has 0 fully saturated rings. The average molecular weight is 262 g/mol. The summed E-state index contributed by atoms with van der Waals surface area (Å²) < 4.78 is 10.5. The van der Waals surface area contributed by atoms with Crippen LogP contribution < -0.4 is 4.74 Å². The van der Waals surface area contributed by atoms with Gasteiger partial charge in [0.25, 0.3) is 0 Å². The van der Waals surface area contributed by atoms with Crippen molar-refractivity contribution in [3.05, 3.63) is 29.3 Å². The molecular weight excluding hydrogens is 248 g/mol. The Labute approximate surface area is 111 Å². The summed E-state index contributed by atoms with van der Waals surface area (Å²) in [4.78, 5) is 21.2. The topological polar surface area (TPSA) is 72.8 Å². The van der Waals surface area contributed by atoms with Crippen LogP contribution in [0.15, 0.2) is 18.2 Å². The third-order valence-corrected chi connectivity index (χ3v) is 2.14. The first-order chi connectivity index (χ1) is 9.17. The van der Waals surface area contributed by atoms with E-state index in [1.165, 1.54) is 6.07 Å². The highest BCUT2D eigenvalue weighted by Gasteiger charge is 2.03. The maximum absolute atomic E-state index is 10.9. The number of carbonyl (C=O) groups is 2. The van der Waals surface area contributed by atoms with Crippen LogP contribution in [0.4, 0.5) is 0 Å². The van der Waals surface area contributed by atoms with Crippen LogP contribution in [0.2, 0.25) is 0 Å². The summed E-state index contributed by atoms with van der Waals surface area (Å²) in [7, 11) is 0. The molecule has 0 aliphatic rings. The molecule has 19 heavy (non-hydrogen) atoms. The Balaban J connectivity index is 2.77. The summed E-state index contributed by atoms with van der Waals surface area (Å²) in [6.45, 7) is 3.27. The molecule has 0 aliphatic carbocycles. The predicted octanol–water partition coefficient (Wildman–Crippen LogP) is 1.35. The van der Waals surface area contributed by atoms with Crippen molar-refractivity contribution >= 4 is 12.3 Å². The monoisotopic (exact) mass is 262 g/mol. The van der Waals surface area contributed by atoms with Gasteiger partial charge in [0.15, 0.2) is 6.29 Å². The minimum Gasteiger partial charge on any atom is -0.490 e. The highest BCUT2D eigenvalue weighted by molar-refractivity contribution is 5.87. The molecular formula is C14H14O5. The Kier molecular flexibility index (Phi) is 6.13. The molecule has 100 valence electrons. The standard InChI is InChI=1S/C14H14O5/c1-2-18-7-8-19-13-5-3-11(4-6-14(16)17)9-12(13)10-15/h3,5,9-10H,2,7-8H2,1H3,(H,16,17). The van der Waals surface area contributed by atoms with Crippen LogP contribution in [0.25, 0.3) is 0 Å². The number of ether oxygens (including phenoxy) is 2. The maximum Gasteiger partial charge on any atom is 0.382 e. The molecule has 0 aromatic heterocycles. The second kappa shape index (κ2) is 7.90. The van der Waals surface area contributed by atoms with E-state index in [-0.39, 0.29) is 0 Å². The van der Waals surface area contributed by atoms with E-state index in [9.17, 15) is 9.59 Å². The molecule has 0 saturated heterocycles. The summed E-state index contributed by atoms with van der Waals surface area (Å²) in [6.07, 6.45) is 0.641. The van der Waals surface area contributed by atoms with Crippen molar-refractivity contribution in [1.29, 1.82) is 0 Å². The molecule has 0 amide bonds. The second-order valence-electron chi connectivity index (χ2n) is 3.47. The van der Waals surface area contributed by atoms with Crippen molar-refractivity contribution < 1.29 is 24.2 Å². The summed E-state index contributed by atoms with van der Waals surface area (Å²) in [5, 5.41) is 8.44. The van der Waals surface area contributed by atoms with Crippen LogP contribution >= 0.6 is 0 Å². The zero-order valence-corrected chi connectivity index (χ0v) is 10.5. The lowest BCUT2D eigenvalue weighted by Crippen LogP contribution is -2.07. The lowest BCUT2D eigenvalue weighted by molar-refractivity contribution is -0.130. The van der Waals surface area contributed by atoms with E-state index in [4.69, 9.17) is 14.6 Å². The number of rotatable bonds is 6. The summed E-state index contributed by atoms with van der Waals surface area (Å²) in [6, 6.07) is 4.67. The zero-order valence-electron chi connectivity index (χ0n) is 10.5. The molecule has 5 nitrogen and oxygen atoms in total. The van der Waals surface area contributed by atoms with E-state index >= 15 is 0 Å². The molecule has 0 atom stereocenters. The number of aliphatic carboxylic acids is 1. The Morgan fingerprint density at radius 3 is 2.84 bits per heavy atom. The first-order valence-electron chi connectivity index (χ1n) is 5.72. The molecule has 5 heteroatoms. The molecule has 1 N–H and O–H groups in total. The van der Waals surface area contributed by atoms with Gasteiger partial charge in [-0.1, -0.05) is 5.92 Å². The van der Waals surface area contributed by atoms with Gasteiger partial charge in [0.1, 0.15) is 12.4 Å². The van der Waals surface area contributed by atoms with Gasteiger partial charge in [-0.05, 0) is 25.1 Å². The van der Waals surface area contributed by atoms with Gasteiger partial charge in [-0.25, -0.2) is 4.79 Å². The Bertz CT molecular complexity index is 510. The largest absolute Gasteiger partial charge is 0.490 e. The summed E-state index contributed by atoms with van der Waals surface area (Å²) >= 11 is 0. The van der Waals surface area contributed by atoms with Gasteiger partial charge in [0, 0.05) is 18.1 Å². The van der Waals surface area contributed by atoms with Crippen molar-refractivity contribution in [2.24, 2.45) is 0 Å². The van der Waals surface area contributed by atoms with Gasteiger partial charge < -0.3 is 14.6 Å². The molecule has 0 aliphatic heterocycles. The summed E-state index contributed by atoms with van der Waals surface area (Å²) in [5.74, 6) is 3.62. The van der Waals surface area contributed by atoms with Crippen molar-refractivity contribution in [2.45, 2.75) is 6.92 Å². The highest BCUT2D eigenvalue weighted by atomic mass is 16.5. The predicted molar refractivity (Wildman–Crippen MR) is 68.3 cm³/mol. The number of hydrogen-bond donors (Lipinski definition) is 1. The van der Waals surface area contributed by atoms with E-state index in [2.05, 4.69) is 5.92 Å². The third kappa shape index (κ3) is 5.23. The van der Waals surface area contributed by atoms with Crippen LogP contribution in [0.3, 0.4) is 0 Å². The quantitative estimate of drug-likeness (QED) is 0.476. The number of carboxylic acids is 1. The van der Waals surface area contributed by atoms with Gasteiger partial charge in [-0.2, -0.15) is 0 Å². The second-order valence-corrected chi connectivity index (χ2v) is 3.47. The SMILES string of the molecule is CCOCCOc1ccc(C#CC(=O)O)cc1C=O. The number of hydrogen-bond acceptors (Lipinski definition) is 4. The fourth-order valence-corrected chi connectivity index (χ4v) is 1.33. The van der Waals surface area contributed by atoms with E-state index in [0.29, 0.717) is 43.0 Å². The van der Waals surface area contributed by atoms with Crippen molar-refractivity contribution in [3.8, 4) is 17.6 Å².